The molecule has 2 heterocycles. The number of aliphatic imine (C=N–C) groups is 1. The molecule has 7 nitrogen and oxygen atoms in total. The van der Waals surface area contributed by atoms with Gasteiger partial charge in [-0.2, -0.15) is 31.4 Å². The van der Waals surface area contributed by atoms with Crippen LogP contribution < -0.4 is 0 Å². The number of hydrogen-bond donors (Lipinski definition) is 0. The van der Waals surface area contributed by atoms with E-state index in [1.165, 1.54) is 48.7 Å². The number of halogens is 6. The molecule has 1 aromatic heterocycles. The van der Waals surface area contributed by atoms with E-state index in [0.717, 1.165) is 6.20 Å². The van der Waals surface area contributed by atoms with Gasteiger partial charge in [-0.1, -0.05) is 66.7 Å². The summed E-state index contributed by atoms with van der Waals surface area (Å²) >= 11 is 0. The van der Waals surface area contributed by atoms with Gasteiger partial charge in [0, 0.05) is 29.9 Å². The Bertz CT molecular complexity index is 1330. The topological polar surface area (TPSA) is 81.1 Å². The van der Waals surface area contributed by atoms with Crippen molar-refractivity contribution in [2.75, 3.05) is 0 Å². The highest BCUT2D eigenvalue weighted by atomic mass is 19.4. The lowest BCUT2D eigenvalue weighted by atomic mass is 9.91. The fourth-order valence-electron chi connectivity index (χ4n) is 4.06. The van der Waals surface area contributed by atoms with Gasteiger partial charge in [0.15, 0.2) is 6.04 Å². The average Bonchev–Trinajstić information content (AvgIpc) is 3.21. The van der Waals surface area contributed by atoms with Crippen molar-refractivity contribution in [1.29, 1.82) is 0 Å². The summed E-state index contributed by atoms with van der Waals surface area (Å²) in [4.78, 5) is 37.1. The van der Waals surface area contributed by atoms with Gasteiger partial charge in [-0.15, -0.1) is 0 Å². The zero-order chi connectivity index (χ0) is 28.3. The quantitative estimate of drug-likeness (QED) is 0.287. The smallest absolute Gasteiger partial charge is 0.423 e. The number of amidine groups is 1. The van der Waals surface area contributed by atoms with E-state index in [-0.39, 0.29) is 29.8 Å². The summed E-state index contributed by atoms with van der Waals surface area (Å²) in [7, 11) is 0. The van der Waals surface area contributed by atoms with Crippen LogP contribution in [0.3, 0.4) is 0 Å². The lowest BCUT2D eigenvalue weighted by Gasteiger charge is -2.36. The fourth-order valence-corrected chi connectivity index (χ4v) is 4.06. The lowest BCUT2D eigenvalue weighted by molar-refractivity contribution is -0.245. The number of ether oxygens (including phenoxy) is 1. The minimum absolute atomic E-state index is 0.0373. The number of carbonyl (C=O) groups excluding carboxylic acids is 2. The molecular weight excluding hydrogens is 532 g/mol. The van der Waals surface area contributed by atoms with Gasteiger partial charge >= 0.3 is 24.3 Å². The number of esters is 1. The van der Waals surface area contributed by atoms with E-state index in [2.05, 4.69) is 9.98 Å². The highest BCUT2D eigenvalue weighted by Gasteiger charge is 2.59. The molecule has 2 aromatic carbocycles. The Kier molecular flexibility index (Phi) is 7.61. The van der Waals surface area contributed by atoms with Gasteiger partial charge in [-0.25, -0.2) is 14.6 Å². The Labute approximate surface area is 217 Å². The third-order valence-electron chi connectivity index (χ3n) is 5.71. The van der Waals surface area contributed by atoms with Gasteiger partial charge in [-0.05, 0) is 18.1 Å². The van der Waals surface area contributed by atoms with E-state index in [0.29, 0.717) is 10.6 Å². The monoisotopic (exact) mass is 551 g/mol. The number of nitrogens with zero attached hydrogens (tertiary/aromatic N) is 3. The molecule has 0 saturated heterocycles. The Balaban J connectivity index is 1.92. The first-order valence-electron chi connectivity index (χ1n) is 11.4. The fraction of sp³-hybridized carbons (Fsp3) is 0.231. The first kappa shape index (κ1) is 27.6. The molecule has 0 aliphatic carbocycles. The average molecular weight is 551 g/mol. The van der Waals surface area contributed by atoms with Gasteiger partial charge in [-0.3, -0.25) is 4.98 Å². The van der Waals surface area contributed by atoms with Crippen molar-refractivity contribution in [3.8, 4) is 0 Å². The predicted molar refractivity (Wildman–Crippen MR) is 123 cm³/mol. The van der Waals surface area contributed by atoms with Crippen LogP contribution in [0.1, 0.15) is 29.2 Å². The van der Waals surface area contributed by atoms with Gasteiger partial charge in [0.05, 0.1) is 0 Å². The molecule has 39 heavy (non-hydrogen) atoms. The molecule has 0 spiro atoms. The Morgan fingerprint density at radius 1 is 0.821 bits per heavy atom. The summed E-state index contributed by atoms with van der Waals surface area (Å²) in [6.45, 7) is 0. The molecule has 204 valence electrons. The van der Waals surface area contributed by atoms with Crippen molar-refractivity contribution in [3.63, 3.8) is 0 Å². The van der Waals surface area contributed by atoms with Crippen LogP contribution in [-0.2, 0) is 31.3 Å². The van der Waals surface area contributed by atoms with Crippen LogP contribution in [0.25, 0.3) is 0 Å². The number of hydroxylamine groups is 2. The van der Waals surface area contributed by atoms with Crippen LogP contribution in [0, 0.1) is 0 Å². The Hall–Kier alpha value is -4.42. The van der Waals surface area contributed by atoms with Crippen LogP contribution in [0.4, 0.5) is 26.3 Å². The van der Waals surface area contributed by atoms with Crippen LogP contribution in [0.15, 0.2) is 90.2 Å². The summed E-state index contributed by atoms with van der Waals surface area (Å²) in [5.74, 6) is -5.64. The molecule has 0 bridgehead atoms. The van der Waals surface area contributed by atoms with Crippen molar-refractivity contribution in [2.45, 2.75) is 37.0 Å². The molecular formula is C26H19F6N3O4. The largest absolute Gasteiger partial charge is 0.493 e. The minimum atomic E-state index is -5.48. The first-order valence-corrected chi connectivity index (χ1v) is 11.4. The van der Waals surface area contributed by atoms with E-state index in [1.54, 1.807) is 30.3 Å². The second-order valence-corrected chi connectivity index (χ2v) is 8.35. The normalized spacial score (nSPS) is 19.4. The van der Waals surface area contributed by atoms with E-state index in [1.807, 2.05) is 0 Å². The third kappa shape index (κ3) is 6.02. The molecule has 1 aliphatic rings. The molecule has 13 heteroatoms. The van der Waals surface area contributed by atoms with Crippen molar-refractivity contribution < 1.29 is 45.5 Å². The van der Waals surface area contributed by atoms with Crippen molar-refractivity contribution >= 4 is 17.8 Å². The number of benzene rings is 2. The molecule has 4 rings (SSSR count). The summed E-state index contributed by atoms with van der Waals surface area (Å²) in [5, 5.41) is 0.451. The number of pyridine rings is 1. The number of aromatic nitrogens is 1. The summed E-state index contributed by atoms with van der Waals surface area (Å²) in [5.41, 5.74) is -2.04. The maximum Gasteiger partial charge on any atom is 0.493 e. The van der Waals surface area contributed by atoms with E-state index >= 15 is 0 Å². The number of hydrogen-bond acceptors (Lipinski definition) is 7. The second kappa shape index (κ2) is 10.8. The molecule has 3 aromatic rings. The first-order chi connectivity index (χ1) is 18.4. The van der Waals surface area contributed by atoms with Crippen molar-refractivity contribution in [3.05, 3.63) is 102 Å². The van der Waals surface area contributed by atoms with Gasteiger partial charge < -0.3 is 9.57 Å². The standard InChI is InChI=1S/C26H19F6N3O4/c27-25(28,29)22(36)38-24(19-11-5-2-6-12-19)21(18-10-7-15-33-16-18)35(39-23(37)26(30,31)32)20(34-24)14-13-17-8-3-1-4-9-17/h1-12,15-16,21H,13-14H2. The van der Waals surface area contributed by atoms with Crippen molar-refractivity contribution in [2.24, 2.45) is 4.99 Å². The lowest BCUT2D eigenvalue weighted by Crippen LogP contribution is -2.45. The molecule has 0 saturated carbocycles. The molecule has 0 amide bonds. The molecule has 2 atom stereocenters. The zero-order valence-electron chi connectivity index (χ0n) is 19.8. The summed E-state index contributed by atoms with van der Waals surface area (Å²) in [6, 6.07) is 16.4. The van der Waals surface area contributed by atoms with Crippen LogP contribution in [0.5, 0.6) is 0 Å². The molecule has 2 unspecified atom stereocenters. The summed E-state index contributed by atoms with van der Waals surface area (Å²) in [6.07, 6.45) is -8.52. The van der Waals surface area contributed by atoms with Gasteiger partial charge in [0.1, 0.15) is 5.84 Å². The zero-order valence-corrected chi connectivity index (χ0v) is 19.8. The second-order valence-electron chi connectivity index (χ2n) is 8.35. The summed E-state index contributed by atoms with van der Waals surface area (Å²) < 4.78 is 85.3. The molecule has 0 N–H and O–H groups in total. The minimum Gasteiger partial charge on any atom is -0.423 e. The number of aryl methyl sites for hydroxylation is 1. The van der Waals surface area contributed by atoms with Crippen molar-refractivity contribution in [1.82, 2.24) is 10.0 Å². The Morgan fingerprint density at radius 3 is 2.00 bits per heavy atom. The predicted octanol–water partition coefficient (Wildman–Crippen LogP) is 5.45. The Morgan fingerprint density at radius 2 is 1.44 bits per heavy atom. The van der Waals surface area contributed by atoms with Gasteiger partial charge in [0.2, 0.25) is 0 Å². The number of alkyl halides is 6. The molecule has 0 fully saturated rings. The van der Waals surface area contributed by atoms with E-state index in [4.69, 9.17) is 9.57 Å². The number of rotatable bonds is 7. The van der Waals surface area contributed by atoms with Crippen LogP contribution in [-0.4, -0.2) is 40.2 Å². The number of carbonyl (C=O) groups is 2. The van der Waals surface area contributed by atoms with Crippen LogP contribution >= 0.6 is 0 Å². The molecule has 0 radical (unpaired) electrons. The highest BCUT2D eigenvalue weighted by Crippen LogP contribution is 2.50. The maximum atomic E-state index is 13.5. The third-order valence-corrected chi connectivity index (χ3v) is 5.71. The highest BCUT2D eigenvalue weighted by molar-refractivity contribution is 5.88. The van der Waals surface area contributed by atoms with Crippen LogP contribution in [0.2, 0.25) is 0 Å². The maximum absolute atomic E-state index is 13.5. The van der Waals surface area contributed by atoms with E-state index in [9.17, 15) is 35.9 Å². The molecule has 1 aliphatic heterocycles. The van der Waals surface area contributed by atoms with E-state index < -0.39 is 36.1 Å². The SMILES string of the molecule is O=C(ON1C(CCc2ccccc2)=NC(OC(=O)C(F)(F)F)(c2ccccc2)C1c1cccnc1)C(F)(F)F. The van der Waals surface area contributed by atoms with Gasteiger partial charge in [0.25, 0.3) is 5.72 Å².